The summed E-state index contributed by atoms with van der Waals surface area (Å²) in [6.45, 7) is 4.34. The Balaban J connectivity index is 0.00000306. The van der Waals surface area contributed by atoms with Gasteiger partial charge in [-0.05, 0) is 80.9 Å². The first kappa shape index (κ1) is 24.8. The van der Waals surface area contributed by atoms with Gasteiger partial charge in [-0.15, -0.1) is 17.0 Å². The molecule has 0 radical (unpaired) electrons. The van der Waals surface area contributed by atoms with Crippen LogP contribution in [0.2, 0.25) is 0 Å². The average Bonchev–Trinajstić information content (AvgIpc) is 3.37. The lowest BCUT2D eigenvalue weighted by Gasteiger charge is -2.14. The van der Waals surface area contributed by atoms with Crippen molar-refractivity contribution in [1.82, 2.24) is 4.90 Å². The van der Waals surface area contributed by atoms with Crippen molar-refractivity contribution < 1.29 is 9.47 Å². The number of ether oxygens (including phenoxy) is 2. The fraction of sp³-hybridized carbons (Fsp3) is 0.296. The summed E-state index contributed by atoms with van der Waals surface area (Å²) in [6, 6.07) is 25.9. The molecule has 1 aliphatic rings. The Labute approximate surface area is 207 Å². The summed E-state index contributed by atoms with van der Waals surface area (Å²) in [6.07, 6.45) is 3.73. The molecule has 0 atom stereocenters. The summed E-state index contributed by atoms with van der Waals surface area (Å²) < 4.78 is 11.2. The van der Waals surface area contributed by atoms with E-state index in [1.165, 1.54) is 25.9 Å². The predicted octanol–water partition coefficient (Wildman–Crippen LogP) is 6.33. The summed E-state index contributed by atoms with van der Waals surface area (Å²) in [7, 11) is 1.67. The first-order valence-corrected chi connectivity index (χ1v) is 11.3. The summed E-state index contributed by atoms with van der Waals surface area (Å²) in [4.78, 5) is 7.38. The highest BCUT2D eigenvalue weighted by Gasteiger charge is 2.10. The highest BCUT2D eigenvalue weighted by molar-refractivity contribution is 8.93. The van der Waals surface area contributed by atoms with Crippen LogP contribution in [0.15, 0.2) is 83.9 Å². The Morgan fingerprint density at radius 3 is 2.21 bits per heavy atom. The Kier molecular flexibility index (Phi) is 9.78. The molecular weight excluding hydrogens is 478 g/mol. The van der Waals surface area contributed by atoms with E-state index in [0.29, 0.717) is 0 Å². The summed E-state index contributed by atoms with van der Waals surface area (Å²) >= 11 is 0. The number of benzene rings is 3. The molecule has 3 aromatic rings. The Morgan fingerprint density at radius 1 is 0.879 bits per heavy atom. The zero-order chi connectivity index (χ0) is 22.0. The maximum atomic E-state index is 5.93. The minimum absolute atomic E-state index is 0. The number of nitrogens with zero attached hydrogens (tertiary/aromatic N) is 2. The van der Waals surface area contributed by atoms with E-state index in [2.05, 4.69) is 10.2 Å². The van der Waals surface area contributed by atoms with Crippen molar-refractivity contribution in [2.24, 2.45) is 4.99 Å². The molecule has 0 saturated carbocycles. The topological polar surface area (TPSA) is 46.1 Å². The van der Waals surface area contributed by atoms with Crippen LogP contribution in [0.1, 0.15) is 24.8 Å². The molecule has 1 aliphatic heterocycles. The molecule has 0 aromatic heterocycles. The molecule has 6 heteroatoms. The summed E-state index contributed by atoms with van der Waals surface area (Å²) in [5, 5.41) is 3.44. The fourth-order valence-corrected chi connectivity index (χ4v) is 3.80. The molecule has 1 fully saturated rings. The van der Waals surface area contributed by atoms with Crippen LogP contribution >= 0.6 is 17.0 Å². The van der Waals surface area contributed by atoms with Crippen LogP contribution in [-0.2, 0) is 0 Å². The van der Waals surface area contributed by atoms with E-state index in [-0.39, 0.29) is 17.0 Å². The van der Waals surface area contributed by atoms with Gasteiger partial charge in [0.05, 0.1) is 19.4 Å². The van der Waals surface area contributed by atoms with Crippen molar-refractivity contribution in [1.29, 1.82) is 0 Å². The minimum Gasteiger partial charge on any atom is -0.497 e. The van der Waals surface area contributed by atoms with Crippen molar-refractivity contribution in [2.45, 2.75) is 19.3 Å². The van der Waals surface area contributed by atoms with Crippen LogP contribution in [0.25, 0.3) is 0 Å². The largest absolute Gasteiger partial charge is 0.497 e. The zero-order valence-electron chi connectivity index (χ0n) is 19.1. The van der Waals surface area contributed by atoms with E-state index in [1.807, 2.05) is 78.9 Å². The highest BCUT2D eigenvalue weighted by Crippen LogP contribution is 2.21. The molecular formula is C27H32BrN3O2. The molecule has 174 valence electrons. The number of aliphatic imine (C=N–C) groups is 1. The molecule has 4 rings (SSSR count). The highest BCUT2D eigenvalue weighted by atomic mass is 79.9. The number of halogens is 1. The van der Waals surface area contributed by atoms with E-state index in [1.54, 1.807) is 7.11 Å². The second-order valence-corrected chi connectivity index (χ2v) is 7.92. The van der Waals surface area contributed by atoms with Crippen LogP contribution in [0.3, 0.4) is 0 Å². The third kappa shape index (κ3) is 7.62. The van der Waals surface area contributed by atoms with Crippen molar-refractivity contribution in [3.05, 3.63) is 84.4 Å². The van der Waals surface area contributed by atoms with Crippen molar-refractivity contribution in [3.8, 4) is 11.5 Å². The summed E-state index contributed by atoms with van der Waals surface area (Å²) in [5.74, 6) is 2.49. The monoisotopic (exact) mass is 509 g/mol. The number of nitrogens with one attached hydrogen (secondary N) is 1. The molecule has 3 aromatic carbocycles. The van der Waals surface area contributed by atoms with E-state index in [9.17, 15) is 0 Å². The molecule has 0 spiro atoms. The molecule has 33 heavy (non-hydrogen) atoms. The minimum atomic E-state index is 0. The smallest absolute Gasteiger partial charge is 0.138 e. The first-order chi connectivity index (χ1) is 15.8. The maximum absolute atomic E-state index is 5.93. The molecule has 0 aliphatic carbocycles. The quantitative estimate of drug-likeness (QED) is 0.208. The van der Waals surface area contributed by atoms with Gasteiger partial charge in [0.1, 0.15) is 17.3 Å². The summed E-state index contributed by atoms with van der Waals surface area (Å²) in [5.41, 5.74) is 2.84. The standard InChI is InChI=1S/C27H31N3O2.BrH/c1-31-25-14-10-23(11-15-25)28-27(22-8-3-2-4-9-22)29-24-12-16-26(17-13-24)32-21-7-20-30-18-5-6-19-30;/h2-4,8-17H,5-7,18-21H2,1H3,(H,28,29);1H. The van der Waals surface area contributed by atoms with Gasteiger partial charge in [-0.25, -0.2) is 4.99 Å². The average molecular weight is 510 g/mol. The number of rotatable bonds is 9. The Bertz CT molecular complexity index is 986. The molecule has 1 saturated heterocycles. The molecule has 0 amide bonds. The molecule has 1 N–H and O–H groups in total. The lowest BCUT2D eigenvalue weighted by atomic mass is 10.2. The van der Waals surface area contributed by atoms with Gasteiger partial charge in [-0.3, -0.25) is 0 Å². The Hall–Kier alpha value is -2.83. The van der Waals surface area contributed by atoms with Gasteiger partial charge < -0.3 is 19.7 Å². The lowest BCUT2D eigenvalue weighted by molar-refractivity contribution is 0.263. The normalized spacial score (nSPS) is 13.9. The van der Waals surface area contributed by atoms with E-state index in [0.717, 1.165) is 53.8 Å². The van der Waals surface area contributed by atoms with Crippen LogP contribution in [0.5, 0.6) is 11.5 Å². The van der Waals surface area contributed by atoms with E-state index >= 15 is 0 Å². The SMILES string of the molecule is Br.COc1ccc(NC(=Nc2ccc(OCCCN3CCCC3)cc2)c2ccccc2)cc1. The van der Waals surface area contributed by atoms with Crippen LogP contribution < -0.4 is 14.8 Å². The third-order valence-electron chi connectivity index (χ3n) is 5.56. The van der Waals surface area contributed by atoms with Gasteiger partial charge in [0, 0.05) is 17.8 Å². The zero-order valence-corrected chi connectivity index (χ0v) is 20.8. The van der Waals surface area contributed by atoms with Crippen molar-refractivity contribution in [3.63, 3.8) is 0 Å². The maximum Gasteiger partial charge on any atom is 0.138 e. The second kappa shape index (κ2) is 13.0. The van der Waals surface area contributed by atoms with E-state index in [4.69, 9.17) is 14.5 Å². The Morgan fingerprint density at radius 2 is 1.55 bits per heavy atom. The van der Waals surface area contributed by atoms with Crippen molar-refractivity contribution in [2.75, 3.05) is 38.7 Å². The van der Waals surface area contributed by atoms with Crippen LogP contribution in [0, 0.1) is 0 Å². The fourth-order valence-electron chi connectivity index (χ4n) is 3.80. The van der Waals surface area contributed by atoms with Gasteiger partial charge in [0.15, 0.2) is 0 Å². The van der Waals surface area contributed by atoms with Gasteiger partial charge in [0.2, 0.25) is 0 Å². The lowest BCUT2D eigenvalue weighted by Crippen LogP contribution is -2.21. The number of methoxy groups -OCH3 is 1. The number of anilines is 1. The predicted molar refractivity (Wildman–Crippen MR) is 142 cm³/mol. The van der Waals surface area contributed by atoms with Gasteiger partial charge >= 0.3 is 0 Å². The van der Waals surface area contributed by atoms with Crippen molar-refractivity contribution >= 4 is 34.2 Å². The first-order valence-electron chi connectivity index (χ1n) is 11.3. The molecule has 0 unspecified atom stereocenters. The van der Waals surface area contributed by atoms with Crippen LogP contribution in [-0.4, -0.2) is 44.1 Å². The second-order valence-electron chi connectivity index (χ2n) is 7.92. The van der Waals surface area contributed by atoms with Gasteiger partial charge in [-0.1, -0.05) is 30.3 Å². The molecule has 0 bridgehead atoms. The number of hydrogen-bond donors (Lipinski definition) is 1. The van der Waals surface area contributed by atoms with E-state index < -0.39 is 0 Å². The van der Waals surface area contributed by atoms with Gasteiger partial charge in [-0.2, -0.15) is 0 Å². The number of amidine groups is 1. The van der Waals surface area contributed by atoms with Gasteiger partial charge in [0.25, 0.3) is 0 Å². The third-order valence-corrected chi connectivity index (χ3v) is 5.56. The molecule has 5 nitrogen and oxygen atoms in total. The number of hydrogen-bond acceptors (Lipinski definition) is 4. The number of likely N-dealkylation sites (tertiary alicyclic amines) is 1. The molecule has 1 heterocycles. The van der Waals surface area contributed by atoms with Crippen LogP contribution in [0.4, 0.5) is 11.4 Å².